The van der Waals surface area contributed by atoms with Crippen LogP contribution >= 0.6 is 0 Å². The number of ketones is 1. The molecule has 0 saturated heterocycles. The lowest BCUT2D eigenvalue weighted by molar-refractivity contribution is -0.110. The fourth-order valence-corrected chi connectivity index (χ4v) is 3.06. The van der Waals surface area contributed by atoms with Crippen LogP contribution < -0.4 is 0 Å². The Balaban J connectivity index is 2.49. The molecule has 5 heteroatoms. The van der Waals surface area contributed by atoms with Crippen LogP contribution in [0.2, 0.25) is 0 Å². The maximum atomic E-state index is 12.3. The number of aryl methyl sites for hydroxylation is 1. The Kier molecular flexibility index (Phi) is 3.72. The van der Waals surface area contributed by atoms with Gasteiger partial charge in [-0.05, 0) is 56.2 Å². The first kappa shape index (κ1) is 14.4. The molecular formula is C15H15NO3S. The lowest BCUT2D eigenvalue weighted by atomic mass is 9.98. The highest BCUT2D eigenvalue weighted by molar-refractivity contribution is 7.90. The first-order valence-electron chi connectivity index (χ1n) is 6.12. The molecule has 1 aromatic carbocycles. The maximum absolute atomic E-state index is 12.3. The topological polar surface area (TPSA) is 63.6 Å². The van der Waals surface area contributed by atoms with E-state index >= 15 is 0 Å². The van der Waals surface area contributed by atoms with E-state index in [9.17, 15) is 13.2 Å². The molecule has 0 radical (unpaired) electrons. The molecule has 0 atom stereocenters. The van der Waals surface area contributed by atoms with Crippen molar-refractivity contribution in [2.75, 3.05) is 0 Å². The van der Waals surface area contributed by atoms with Crippen molar-refractivity contribution in [3.63, 3.8) is 0 Å². The Hall–Kier alpha value is -2.01. The third-order valence-corrected chi connectivity index (χ3v) is 4.29. The molecule has 0 bridgehead atoms. The summed E-state index contributed by atoms with van der Waals surface area (Å²) in [5, 5.41) is 0. The van der Waals surface area contributed by atoms with Gasteiger partial charge in [-0.3, -0.25) is 4.79 Å². The molecule has 0 unspecified atom stereocenters. The van der Waals surface area contributed by atoms with E-state index in [0.29, 0.717) is 16.9 Å². The normalized spacial score (nSPS) is 15.8. The van der Waals surface area contributed by atoms with Gasteiger partial charge in [0, 0.05) is 0 Å². The van der Waals surface area contributed by atoms with Crippen LogP contribution in [0.25, 0.3) is 0 Å². The number of hydrogen-bond donors (Lipinski definition) is 0. The third kappa shape index (κ3) is 2.93. The van der Waals surface area contributed by atoms with Crippen molar-refractivity contribution in [2.45, 2.75) is 25.7 Å². The van der Waals surface area contributed by atoms with Gasteiger partial charge in [-0.15, -0.1) is 0 Å². The minimum Gasteiger partial charge on any atom is -0.290 e. The van der Waals surface area contributed by atoms with Crippen molar-refractivity contribution in [1.29, 1.82) is 0 Å². The fourth-order valence-electron chi connectivity index (χ4n) is 1.94. The first-order valence-corrected chi connectivity index (χ1v) is 7.56. The molecule has 104 valence electrons. The molecule has 4 nitrogen and oxygen atoms in total. The van der Waals surface area contributed by atoms with Crippen molar-refractivity contribution < 1.29 is 13.2 Å². The summed E-state index contributed by atoms with van der Waals surface area (Å²) < 4.78 is 28.4. The number of carbonyl (C=O) groups is 1. The Morgan fingerprint density at radius 3 is 1.90 bits per heavy atom. The number of carbonyl (C=O) groups excluding carboxylic acids is 1. The van der Waals surface area contributed by atoms with Crippen molar-refractivity contribution in [3.8, 4) is 0 Å². The summed E-state index contributed by atoms with van der Waals surface area (Å²) in [6.07, 6.45) is 2.77. The molecular weight excluding hydrogens is 274 g/mol. The van der Waals surface area contributed by atoms with Crippen molar-refractivity contribution in [3.05, 3.63) is 53.1 Å². The smallest absolute Gasteiger partial charge is 0.282 e. The van der Waals surface area contributed by atoms with Crippen LogP contribution in [0.3, 0.4) is 0 Å². The minimum atomic E-state index is -3.76. The van der Waals surface area contributed by atoms with Crippen LogP contribution in [0.5, 0.6) is 0 Å². The molecule has 0 amide bonds. The molecule has 1 aliphatic carbocycles. The minimum absolute atomic E-state index is 0.146. The zero-order chi connectivity index (χ0) is 14.9. The second-order valence-electron chi connectivity index (χ2n) is 4.79. The Morgan fingerprint density at radius 2 is 1.40 bits per heavy atom. The Bertz CT molecular complexity index is 727. The van der Waals surface area contributed by atoms with Gasteiger partial charge in [0.1, 0.15) is 0 Å². The third-order valence-electron chi connectivity index (χ3n) is 2.99. The summed E-state index contributed by atoms with van der Waals surface area (Å²) in [4.78, 5) is 11.5. The maximum Gasteiger partial charge on any atom is 0.282 e. The van der Waals surface area contributed by atoms with Gasteiger partial charge in [0.15, 0.2) is 5.78 Å². The predicted octanol–water partition coefficient (Wildman–Crippen LogP) is 2.60. The number of nitrogens with zero attached hydrogens (tertiary/aromatic N) is 1. The highest BCUT2D eigenvalue weighted by Crippen LogP contribution is 2.19. The van der Waals surface area contributed by atoms with Gasteiger partial charge in [-0.1, -0.05) is 17.7 Å². The van der Waals surface area contributed by atoms with Crippen molar-refractivity contribution in [1.82, 2.24) is 0 Å². The van der Waals surface area contributed by atoms with Gasteiger partial charge in [-0.25, -0.2) is 0 Å². The summed E-state index contributed by atoms with van der Waals surface area (Å²) in [5.41, 5.74) is 2.44. The van der Waals surface area contributed by atoms with Crippen LogP contribution in [0, 0.1) is 6.92 Å². The molecule has 0 N–H and O–H groups in total. The summed E-state index contributed by atoms with van der Waals surface area (Å²) in [7, 11) is -3.76. The molecule has 2 rings (SSSR count). The van der Waals surface area contributed by atoms with Gasteiger partial charge in [-0.2, -0.15) is 12.8 Å². The van der Waals surface area contributed by atoms with Gasteiger partial charge < -0.3 is 0 Å². The second-order valence-corrected chi connectivity index (χ2v) is 6.39. The number of sulfonamides is 1. The van der Waals surface area contributed by atoms with E-state index in [2.05, 4.69) is 4.40 Å². The van der Waals surface area contributed by atoms with E-state index in [1.807, 2.05) is 6.92 Å². The van der Waals surface area contributed by atoms with E-state index in [1.165, 1.54) is 24.3 Å². The summed E-state index contributed by atoms with van der Waals surface area (Å²) in [6, 6.07) is 6.51. The van der Waals surface area contributed by atoms with Crippen LogP contribution in [0.15, 0.2) is 56.9 Å². The number of hydrogen-bond acceptors (Lipinski definition) is 3. The molecule has 0 spiro atoms. The number of allylic oxidation sites excluding steroid dienone is 4. The van der Waals surface area contributed by atoms with E-state index in [0.717, 1.165) is 5.56 Å². The second kappa shape index (κ2) is 5.17. The molecule has 0 saturated carbocycles. The highest BCUT2D eigenvalue weighted by Gasteiger charge is 2.19. The lowest BCUT2D eigenvalue weighted by Gasteiger charge is -2.11. The standard InChI is InChI=1S/C15H15NO3S/c1-10-4-6-14(7-5-10)20(18,19)16-15-11(2)8-13(17)9-12(15)3/h4-9H,1-3H3. The van der Waals surface area contributed by atoms with Crippen molar-refractivity contribution >= 4 is 21.5 Å². The van der Waals surface area contributed by atoms with Crippen LogP contribution in [-0.2, 0) is 14.8 Å². The lowest BCUT2D eigenvalue weighted by Crippen LogP contribution is -2.13. The monoisotopic (exact) mass is 289 g/mol. The molecule has 0 fully saturated rings. The van der Waals surface area contributed by atoms with Crippen LogP contribution in [0.4, 0.5) is 0 Å². The molecule has 0 aromatic heterocycles. The van der Waals surface area contributed by atoms with Gasteiger partial charge in [0.25, 0.3) is 10.0 Å². The Morgan fingerprint density at radius 1 is 0.900 bits per heavy atom. The van der Waals surface area contributed by atoms with E-state index in [1.54, 1.807) is 26.0 Å². The number of benzene rings is 1. The quantitative estimate of drug-likeness (QED) is 0.786. The average molecular weight is 289 g/mol. The summed E-state index contributed by atoms with van der Waals surface area (Å²) >= 11 is 0. The van der Waals surface area contributed by atoms with E-state index in [4.69, 9.17) is 0 Å². The summed E-state index contributed by atoms with van der Waals surface area (Å²) in [5.74, 6) is -0.147. The van der Waals surface area contributed by atoms with E-state index < -0.39 is 10.0 Å². The SMILES string of the molecule is CC1=CC(=O)C=C(C)C1=NS(=O)(=O)c1ccc(C)cc1. The predicted molar refractivity (Wildman–Crippen MR) is 78.3 cm³/mol. The fraction of sp³-hybridized carbons (Fsp3) is 0.200. The Labute approximate surface area is 118 Å². The van der Waals surface area contributed by atoms with Crippen LogP contribution in [-0.4, -0.2) is 19.9 Å². The molecule has 20 heavy (non-hydrogen) atoms. The molecule has 1 aromatic rings. The van der Waals surface area contributed by atoms with Crippen LogP contribution in [0.1, 0.15) is 19.4 Å². The van der Waals surface area contributed by atoms with E-state index in [-0.39, 0.29) is 10.7 Å². The first-order chi connectivity index (χ1) is 9.29. The zero-order valence-electron chi connectivity index (χ0n) is 11.5. The van der Waals surface area contributed by atoms with Gasteiger partial charge in [0.2, 0.25) is 0 Å². The zero-order valence-corrected chi connectivity index (χ0v) is 12.4. The number of rotatable bonds is 2. The van der Waals surface area contributed by atoms with Crippen molar-refractivity contribution in [2.24, 2.45) is 4.40 Å². The van der Waals surface area contributed by atoms with Gasteiger partial charge >= 0.3 is 0 Å². The van der Waals surface area contributed by atoms with Gasteiger partial charge in [0.05, 0.1) is 10.6 Å². The highest BCUT2D eigenvalue weighted by atomic mass is 32.2. The molecule has 0 heterocycles. The molecule has 0 aliphatic heterocycles. The summed E-state index contributed by atoms with van der Waals surface area (Å²) in [6.45, 7) is 5.24. The molecule has 1 aliphatic rings. The average Bonchev–Trinajstić information content (AvgIpc) is 2.34. The largest absolute Gasteiger partial charge is 0.290 e.